The van der Waals surface area contributed by atoms with E-state index in [1.54, 1.807) is 4.90 Å². The van der Waals surface area contributed by atoms with Gasteiger partial charge in [-0.05, 0) is 51.5 Å². The van der Waals surface area contributed by atoms with Gasteiger partial charge >= 0.3 is 0 Å². The van der Waals surface area contributed by atoms with Crippen LogP contribution in [0.4, 0.5) is 5.69 Å². The van der Waals surface area contributed by atoms with Crippen LogP contribution in [0, 0.1) is 0 Å². The molecule has 2 rings (SSSR count). The Morgan fingerprint density at radius 3 is 2.27 bits per heavy atom. The SMILES string of the molecule is CCN(CC)c1ccc(/C=C2\SC(=S)N(C(C)C)C2=O)cc1. The summed E-state index contributed by atoms with van der Waals surface area (Å²) >= 11 is 6.68. The van der Waals surface area contributed by atoms with E-state index in [1.807, 2.05) is 19.9 Å². The predicted octanol–water partition coefficient (Wildman–Crippen LogP) is 4.14. The quantitative estimate of drug-likeness (QED) is 0.596. The summed E-state index contributed by atoms with van der Waals surface area (Å²) < 4.78 is 0.644. The summed E-state index contributed by atoms with van der Waals surface area (Å²) in [7, 11) is 0. The molecular formula is C17H22N2OS2. The van der Waals surface area contributed by atoms with E-state index in [0.717, 1.165) is 18.7 Å². The van der Waals surface area contributed by atoms with Crippen LogP contribution in [0.2, 0.25) is 0 Å². The number of rotatable bonds is 5. The van der Waals surface area contributed by atoms with Crippen molar-refractivity contribution < 1.29 is 4.79 Å². The average Bonchev–Trinajstić information content (AvgIpc) is 2.76. The van der Waals surface area contributed by atoms with Gasteiger partial charge in [0.05, 0.1) is 4.91 Å². The van der Waals surface area contributed by atoms with Crippen molar-refractivity contribution in [2.24, 2.45) is 0 Å². The highest BCUT2D eigenvalue weighted by Gasteiger charge is 2.33. The number of amides is 1. The van der Waals surface area contributed by atoms with Crippen molar-refractivity contribution >= 4 is 46.0 Å². The third-order valence-corrected chi connectivity index (χ3v) is 4.99. The maximum absolute atomic E-state index is 12.4. The molecule has 0 saturated carbocycles. The van der Waals surface area contributed by atoms with Crippen LogP contribution in [0.3, 0.4) is 0 Å². The summed E-state index contributed by atoms with van der Waals surface area (Å²) in [5.74, 6) is 0.0119. The molecule has 1 aromatic rings. The zero-order chi connectivity index (χ0) is 16.3. The Morgan fingerprint density at radius 1 is 1.23 bits per heavy atom. The molecule has 1 aliphatic rings. The molecule has 118 valence electrons. The van der Waals surface area contributed by atoms with Crippen molar-refractivity contribution in [1.82, 2.24) is 4.90 Å². The molecular weight excluding hydrogens is 312 g/mol. The maximum atomic E-state index is 12.4. The first-order valence-corrected chi connectivity index (χ1v) is 8.82. The largest absolute Gasteiger partial charge is 0.372 e. The van der Waals surface area contributed by atoms with E-state index in [0.29, 0.717) is 9.23 Å². The topological polar surface area (TPSA) is 23.6 Å². The normalized spacial score (nSPS) is 17.0. The summed E-state index contributed by atoms with van der Waals surface area (Å²) in [6.07, 6.45) is 1.92. The Morgan fingerprint density at radius 2 is 1.82 bits per heavy atom. The van der Waals surface area contributed by atoms with Crippen LogP contribution in [0.25, 0.3) is 6.08 Å². The average molecular weight is 335 g/mol. The molecule has 1 aliphatic heterocycles. The van der Waals surface area contributed by atoms with Gasteiger partial charge < -0.3 is 4.90 Å². The number of hydrogen-bond acceptors (Lipinski definition) is 4. The fourth-order valence-electron chi connectivity index (χ4n) is 2.45. The van der Waals surface area contributed by atoms with Crippen molar-refractivity contribution in [3.8, 4) is 0 Å². The van der Waals surface area contributed by atoms with Gasteiger partial charge in [0.15, 0.2) is 0 Å². The van der Waals surface area contributed by atoms with E-state index >= 15 is 0 Å². The van der Waals surface area contributed by atoms with Gasteiger partial charge in [0.25, 0.3) is 5.91 Å². The molecule has 1 aromatic carbocycles. The number of benzene rings is 1. The van der Waals surface area contributed by atoms with Crippen molar-refractivity contribution in [1.29, 1.82) is 0 Å². The lowest BCUT2D eigenvalue weighted by molar-refractivity contribution is -0.123. The second-order valence-corrected chi connectivity index (χ2v) is 7.09. The van der Waals surface area contributed by atoms with Crippen LogP contribution < -0.4 is 4.90 Å². The van der Waals surface area contributed by atoms with Crippen LogP contribution >= 0.6 is 24.0 Å². The Bertz CT molecular complexity index is 589. The van der Waals surface area contributed by atoms with E-state index in [-0.39, 0.29) is 11.9 Å². The first kappa shape index (κ1) is 17.0. The molecule has 0 bridgehead atoms. The first-order valence-electron chi connectivity index (χ1n) is 7.60. The highest BCUT2D eigenvalue weighted by atomic mass is 32.2. The lowest BCUT2D eigenvalue weighted by Crippen LogP contribution is -2.34. The van der Waals surface area contributed by atoms with Crippen LogP contribution in [0.15, 0.2) is 29.2 Å². The molecule has 0 atom stereocenters. The fourth-order valence-corrected chi connectivity index (χ4v) is 3.97. The van der Waals surface area contributed by atoms with E-state index < -0.39 is 0 Å². The van der Waals surface area contributed by atoms with Crippen molar-refractivity contribution in [2.75, 3.05) is 18.0 Å². The van der Waals surface area contributed by atoms with Crippen LogP contribution in [0.1, 0.15) is 33.3 Å². The number of thioether (sulfide) groups is 1. The highest BCUT2D eigenvalue weighted by molar-refractivity contribution is 8.26. The van der Waals surface area contributed by atoms with Gasteiger partial charge in [-0.1, -0.05) is 36.1 Å². The maximum Gasteiger partial charge on any atom is 0.266 e. The molecule has 5 heteroatoms. The summed E-state index contributed by atoms with van der Waals surface area (Å²) in [5, 5.41) is 0. The minimum atomic E-state index is 0.0119. The molecule has 0 unspecified atom stereocenters. The number of carbonyl (C=O) groups excluding carboxylic acids is 1. The van der Waals surface area contributed by atoms with Crippen molar-refractivity contribution in [3.63, 3.8) is 0 Å². The van der Waals surface area contributed by atoms with Crippen LogP contribution in [-0.4, -0.2) is 34.3 Å². The minimum absolute atomic E-state index is 0.0119. The molecule has 1 heterocycles. The summed E-state index contributed by atoms with van der Waals surface area (Å²) in [6, 6.07) is 8.40. The zero-order valence-corrected chi connectivity index (χ0v) is 15.1. The summed E-state index contributed by atoms with van der Waals surface area (Å²) in [4.78, 5) is 17.0. The number of anilines is 1. The van der Waals surface area contributed by atoms with E-state index in [1.165, 1.54) is 17.4 Å². The van der Waals surface area contributed by atoms with Gasteiger partial charge in [-0.2, -0.15) is 0 Å². The molecule has 1 fully saturated rings. The number of carbonyl (C=O) groups is 1. The monoisotopic (exact) mass is 334 g/mol. The molecule has 0 spiro atoms. The number of hydrogen-bond donors (Lipinski definition) is 0. The van der Waals surface area contributed by atoms with E-state index in [2.05, 4.69) is 43.0 Å². The molecule has 22 heavy (non-hydrogen) atoms. The second-order valence-electron chi connectivity index (χ2n) is 5.41. The predicted molar refractivity (Wildman–Crippen MR) is 100 cm³/mol. The third-order valence-electron chi connectivity index (χ3n) is 3.66. The van der Waals surface area contributed by atoms with E-state index in [9.17, 15) is 4.79 Å². The second kappa shape index (κ2) is 7.29. The Hall–Kier alpha value is -1.33. The number of thiocarbonyl (C=S) groups is 1. The molecule has 0 aromatic heterocycles. The smallest absolute Gasteiger partial charge is 0.266 e. The molecule has 0 radical (unpaired) electrons. The Kier molecular flexibility index (Phi) is 5.64. The summed E-state index contributed by atoms with van der Waals surface area (Å²) in [5.41, 5.74) is 2.23. The Labute approximate surface area is 142 Å². The van der Waals surface area contributed by atoms with Gasteiger partial charge in [0, 0.05) is 24.8 Å². The van der Waals surface area contributed by atoms with Crippen molar-refractivity contribution in [2.45, 2.75) is 33.7 Å². The van der Waals surface area contributed by atoms with Crippen LogP contribution in [0.5, 0.6) is 0 Å². The van der Waals surface area contributed by atoms with Crippen molar-refractivity contribution in [3.05, 3.63) is 34.7 Å². The Balaban J connectivity index is 2.20. The van der Waals surface area contributed by atoms with Gasteiger partial charge in [-0.3, -0.25) is 9.69 Å². The fraction of sp³-hybridized carbons (Fsp3) is 0.412. The minimum Gasteiger partial charge on any atom is -0.372 e. The molecule has 0 aliphatic carbocycles. The molecule has 3 nitrogen and oxygen atoms in total. The van der Waals surface area contributed by atoms with E-state index in [4.69, 9.17) is 12.2 Å². The highest BCUT2D eigenvalue weighted by Crippen LogP contribution is 2.34. The first-order chi connectivity index (χ1) is 10.5. The molecule has 1 amide bonds. The number of nitrogens with zero attached hydrogens (tertiary/aromatic N) is 2. The lowest BCUT2D eigenvalue weighted by atomic mass is 10.1. The molecule has 1 saturated heterocycles. The van der Waals surface area contributed by atoms with Crippen LogP contribution in [-0.2, 0) is 4.79 Å². The third kappa shape index (κ3) is 3.52. The van der Waals surface area contributed by atoms with Gasteiger partial charge in [-0.25, -0.2) is 0 Å². The van der Waals surface area contributed by atoms with Gasteiger partial charge in [0.1, 0.15) is 4.32 Å². The van der Waals surface area contributed by atoms with Gasteiger partial charge in [-0.15, -0.1) is 0 Å². The zero-order valence-electron chi connectivity index (χ0n) is 13.5. The standard InChI is InChI=1S/C17H22N2OS2/c1-5-18(6-2)14-9-7-13(8-10-14)11-15-16(20)19(12(3)4)17(21)22-15/h7-12H,5-6H2,1-4H3/b15-11-. The lowest BCUT2D eigenvalue weighted by Gasteiger charge is -2.20. The van der Waals surface area contributed by atoms with Gasteiger partial charge in [0.2, 0.25) is 0 Å². The molecule has 0 N–H and O–H groups in total. The summed E-state index contributed by atoms with van der Waals surface area (Å²) in [6.45, 7) is 10.2.